The Balaban J connectivity index is 2.95. The van der Waals surface area contributed by atoms with Crippen LogP contribution in [-0.4, -0.2) is 46.6 Å². The Hall–Kier alpha value is -1.76. The van der Waals surface area contributed by atoms with E-state index in [2.05, 4.69) is 20.0 Å². The zero-order chi connectivity index (χ0) is 16.9. The summed E-state index contributed by atoms with van der Waals surface area (Å²) in [6.07, 6.45) is 0.870. The van der Waals surface area contributed by atoms with E-state index >= 15 is 0 Å². The van der Waals surface area contributed by atoms with Crippen LogP contribution >= 0.6 is 11.6 Å². The van der Waals surface area contributed by atoms with E-state index in [1.54, 1.807) is 4.90 Å². The summed E-state index contributed by atoms with van der Waals surface area (Å²) in [5, 5.41) is 3.00. The van der Waals surface area contributed by atoms with Gasteiger partial charge in [-0.1, -0.05) is 25.4 Å². The van der Waals surface area contributed by atoms with Crippen LogP contribution < -0.4 is 5.32 Å². The van der Waals surface area contributed by atoms with Crippen molar-refractivity contribution in [1.82, 2.24) is 20.2 Å². The molecule has 0 unspecified atom stereocenters. The van der Waals surface area contributed by atoms with Crippen molar-refractivity contribution in [2.24, 2.45) is 5.92 Å². The van der Waals surface area contributed by atoms with Gasteiger partial charge in [0.05, 0.1) is 19.3 Å². The molecule has 0 fully saturated rings. The number of aromatic amines is 1. The second kappa shape index (κ2) is 8.03. The number of alkyl carbamates (subject to hydrolysis) is 1. The molecule has 7 nitrogen and oxygen atoms in total. The number of nitrogens with one attached hydrogen (secondary N) is 2. The number of carbonyl (C=O) groups excluding carboxylic acids is 2. The molecule has 2 N–H and O–H groups in total. The van der Waals surface area contributed by atoms with Gasteiger partial charge in [-0.15, -0.1) is 0 Å². The second-order valence-electron chi connectivity index (χ2n) is 5.27. The van der Waals surface area contributed by atoms with Gasteiger partial charge >= 0.3 is 6.09 Å². The van der Waals surface area contributed by atoms with Crippen LogP contribution in [0.4, 0.5) is 4.79 Å². The van der Waals surface area contributed by atoms with E-state index in [1.807, 2.05) is 27.7 Å². The first-order valence-electron chi connectivity index (χ1n) is 7.17. The number of imidazole rings is 1. The number of likely N-dealkylation sites (N-methyl/N-ethyl adjacent to an activating group) is 1. The van der Waals surface area contributed by atoms with E-state index in [4.69, 9.17) is 11.6 Å². The minimum Gasteiger partial charge on any atom is -0.453 e. The molecule has 1 heterocycles. The van der Waals surface area contributed by atoms with Gasteiger partial charge in [0.15, 0.2) is 0 Å². The second-order valence-corrected chi connectivity index (χ2v) is 5.68. The average molecular weight is 331 g/mol. The fourth-order valence-electron chi connectivity index (χ4n) is 2.17. The maximum Gasteiger partial charge on any atom is 0.407 e. The normalized spacial score (nSPS) is 13.6. The standard InChI is InChI=1S/C14H23ClN4O3/c1-6-19(9(4)12-16-7-10(15)17-12)13(20)11(8(2)3)18-14(21)22-5/h7-9,11H,6H2,1-5H3,(H,16,17)(H,18,21)/t9-,11-/m0/s1. The number of ether oxygens (including phenoxy) is 1. The Morgan fingerprint density at radius 1 is 1.45 bits per heavy atom. The van der Waals surface area contributed by atoms with Crippen LogP contribution in [0.2, 0.25) is 5.15 Å². The minimum atomic E-state index is -0.666. The summed E-state index contributed by atoms with van der Waals surface area (Å²) < 4.78 is 4.59. The predicted octanol–water partition coefficient (Wildman–Crippen LogP) is 2.35. The predicted molar refractivity (Wildman–Crippen MR) is 83.6 cm³/mol. The summed E-state index contributed by atoms with van der Waals surface area (Å²) in [5.74, 6) is 0.330. The maximum atomic E-state index is 12.8. The lowest BCUT2D eigenvalue weighted by Crippen LogP contribution is -2.51. The summed E-state index contributed by atoms with van der Waals surface area (Å²) in [6, 6.07) is -0.953. The lowest BCUT2D eigenvalue weighted by atomic mass is 10.0. The molecule has 0 saturated heterocycles. The van der Waals surface area contributed by atoms with E-state index < -0.39 is 12.1 Å². The Morgan fingerprint density at radius 2 is 2.09 bits per heavy atom. The van der Waals surface area contributed by atoms with Gasteiger partial charge in [-0.3, -0.25) is 4.79 Å². The van der Waals surface area contributed by atoms with E-state index in [9.17, 15) is 9.59 Å². The molecule has 0 spiro atoms. The number of hydrogen-bond donors (Lipinski definition) is 2. The highest BCUT2D eigenvalue weighted by atomic mass is 35.5. The molecule has 1 aromatic heterocycles. The molecule has 0 aliphatic heterocycles. The van der Waals surface area contributed by atoms with Gasteiger partial charge in [-0.25, -0.2) is 9.78 Å². The highest BCUT2D eigenvalue weighted by molar-refractivity contribution is 6.29. The molecule has 8 heteroatoms. The Morgan fingerprint density at radius 3 is 2.50 bits per heavy atom. The summed E-state index contributed by atoms with van der Waals surface area (Å²) in [6.45, 7) is 7.92. The van der Waals surface area contributed by atoms with Crippen LogP contribution in [-0.2, 0) is 9.53 Å². The molecule has 22 heavy (non-hydrogen) atoms. The first-order valence-corrected chi connectivity index (χ1v) is 7.54. The summed E-state index contributed by atoms with van der Waals surface area (Å²) in [7, 11) is 1.27. The molecule has 1 aromatic rings. The van der Waals surface area contributed by atoms with Crippen molar-refractivity contribution in [3.63, 3.8) is 0 Å². The zero-order valence-electron chi connectivity index (χ0n) is 13.5. The van der Waals surface area contributed by atoms with Crippen molar-refractivity contribution >= 4 is 23.6 Å². The molecular weight excluding hydrogens is 308 g/mol. The summed E-state index contributed by atoms with van der Waals surface area (Å²) in [4.78, 5) is 32.9. The Labute approximate surface area is 135 Å². The number of nitrogens with zero attached hydrogens (tertiary/aromatic N) is 2. The van der Waals surface area contributed by atoms with Crippen LogP contribution in [0, 0.1) is 5.92 Å². The first kappa shape index (κ1) is 18.3. The highest BCUT2D eigenvalue weighted by Gasteiger charge is 2.31. The topological polar surface area (TPSA) is 87.3 Å². The summed E-state index contributed by atoms with van der Waals surface area (Å²) >= 11 is 5.84. The smallest absolute Gasteiger partial charge is 0.407 e. The third-order valence-electron chi connectivity index (χ3n) is 3.44. The van der Waals surface area contributed by atoms with Crippen molar-refractivity contribution in [1.29, 1.82) is 0 Å². The monoisotopic (exact) mass is 330 g/mol. The van der Waals surface area contributed by atoms with Gasteiger partial charge in [-0.05, 0) is 19.8 Å². The van der Waals surface area contributed by atoms with Crippen LogP contribution in [0.1, 0.15) is 39.6 Å². The van der Waals surface area contributed by atoms with Crippen molar-refractivity contribution in [3.8, 4) is 0 Å². The lowest BCUT2D eigenvalue weighted by Gasteiger charge is -2.32. The molecule has 0 aromatic carbocycles. The molecule has 0 bridgehead atoms. The van der Waals surface area contributed by atoms with Gasteiger partial charge < -0.3 is 19.9 Å². The minimum absolute atomic E-state index is 0.0759. The molecule has 2 amide bonds. The molecule has 1 rings (SSSR count). The van der Waals surface area contributed by atoms with Crippen LogP contribution in [0.25, 0.3) is 0 Å². The molecule has 0 saturated carbocycles. The number of hydrogen-bond acceptors (Lipinski definition) is 4. The van der Waals surface area contributed by atoms with Crippen molar-refractivity contribution in [3.05, 3.63) is 17.2 Å². The van der Waals surface area contributed by atoms with E-state index in [0.29, 0.717) is 17.5 Å². The van der Waals surface area contributed by atoms with Crippen molar-refractivity contribution in [2.75, 3.05) is 13.7 Å². The number of halogens is 1. The molecule has 0 aliphatic carbocycles. The Bertz CT molecular complexity index is 518. The van der Waals surface area contributed by atoms with Gasteiger partial charge in [0.2, 0.25) is 5.91 Å². The molecule has 0 aliphatic rings. The molecular formula is C14H23ClN4O3. The number of amides is 2. The molecule has 124 valence electrons. The third-order valence-corrected chi connectivity index (χ3v) is 3.64. The maximum absolute atomic E-state index is 12.8. The van der Waals surface area contributed by atoms with Gasteiger partial charge in [0, 0.05) is 6.54 Å². The molecule has 0 radical (unpaired) electrons. The van der Waals surface area contributed by atoms with E-state index in [1.165, 1.54) is 13.3 Å². The van der Waals surface area contributed by atoms with Crippen molar-refractivity contribution < 1.29 is 14.3 Å². The largest absolute Gasteiger partial charge is 0.453 e. The number of H-pyrrole nitrogens is 1. The van der Waals surface area contributed by atoms with Gasteiger partial charge in [-0.2, -0.15) is 0 Å². The van der Waals surface area contributed by atoms with E-state index in [-0.39, 0.29) is 17.9 Å². The zero-order valence-corrected chi connectivity index (χ0v) is 14.3. The lowest BCUT2D eigenvalue weighted by molar-refractivity contribution is -0.136. The highest BCUT2D eigenvalue weighted by Crippen LogP contribution is 2.21. The van der Waals surface area contributed by atoms with Crippen LogP contribution in [0.15, 0.2) is 6.20 Å². The number of rotatable bonds is 6. The fraction of sp³-hybridized carbons (Fsp3) is 0.643. The van der Waals surface area contributed by atoms with Crippen LogP contribution in [0.3, 0.4) is 0 Å². The first-order chi connectivity index (χ1) is 10.3. The third kappa shape index (κ3) is 4.37. The number of carbonyl (C=O) groups is 2. The Kier molecular flexibility index (Phi) is 6.67. The fourth-order valence-corrected chi connectivity index (χ4v) is 2.32. The van der Waals surface area contributed by atoms with E-state index in [0.717, 1.165) is 0 Å². The molecule has 2 atom stereocenters. The quantitative estimate of drug-likeness (QED) is 0.838. The van der Waals surface area contributed by atoms with Gasteiger partial charge in [0.25, 0.3) is 0 Å². The summed E-state index contributed by atoms with van der Waals surface area (Å²) in [5.41, 5.74) is 0. The number of methoxy groups -OCH3 is 1. The average Bonchev–Trinajstić information content (AvgIpc) is 2.91. The van der Waals surface area contributed by atoms with Gasteiger partial charge in [0.1, 0.15) is 17.0 Å². The van der Waals surface area contributed by atoms with Crippen molar-refractivity contribution in [2.45, 2.75) is 39.8 Å². The van der Waals surface area contributed by atoms with Crippen LogP contribution in [0.5, 0.6) is 0 Å². The number of aromatic nitrogens is 2. The SMILES string of the molecule is CCN(C(=O)[C@@H](NC(=O)OC)C(C)C)[C@@H](C)c1ncc(Cl)[nH]1.